The maximum absolute atomic E-state index is 12.4. The normalized spacial score (nSPS) is 16.2. The number of benzene rings is 1. The smallest absolute Gasteiger partial charge is 0.223 e. The van der Waals surface area contributed by atoms with Crippen LogP contribution in [0.25, 0.3) is 0 Å². The van der Waals surface area contributed by atoms with Gasteiger partial charge in [-0.05, 0) is 30.7 Å². The number of hydrogen-bond acceptors (Lipinski definition) is 3. The molecule has 1 aliphatic rings. The summed E-state index contributed by atoms with van der Waals surface area (Å²) in [5, 5.41) is 0. The second kappa shape index (κ2) is 9.15. The van der Waals surface area contributed by atoms with Crippen LogP contribution in [0.5, 0.6) is 0 Å². The third-order valence-corrected chi connectivity index (χ3v) is 5.98. The molecule has 1 saturated heterocycles. The number of rotatable bonds is 8. The van der Waals surface area contributed by atoms with Gasteiger partial charge in [0.25, 0.3) is 0 Å². The van der Waals surface area contributed by atoms with Crippen molar-refractivity contribution < 1.29 is 13.2 Å². The lowest BCUT2D eigenvalue weighted by Crippen LogP contribution is -2.41. The van der Waals surface area contributed by atoms with E-state index in [1.807, 2.05) is 11.0 Å². The van der Waals surface area contributed by atoms with Gasteiger partial charge in [0, 0.05) is 32.6 Å². The summed E-state index contributed by atoms with van der Waals surface area (Å²) in [6.07, 6.45) is 6.00. The van der Waals surface area contributed by atoms with Gasteiger partial charge in [-0.25, -0.2) is 8.42 Å². The van der Waals surface area contributed by atoms with Crippen molar-refractivity contribution in [3.05, 3.63) is 48.6 Å². The van der Waals surface area contributed by atoms with Gasteiger partial charge < -0.3 is 4.90 Å². The fourth-order valence-corrected chi connectivity index (χ4v) is 4.05. The second-order valence-corrected chi connectivity index (χ2v) is 8.66. The first kappa shape index (κ1) is 19.7. The minimum atomic E-state index is -3.31. The molecule has 6 heteroatoms. The zero-order valence-electron chi connectivity index (χ0n) is 14.9. The van der Waals surface area contributed by atoms with E-state index in [0.717, 1.165) is 38.6 Å². The largest absolute Gasteiger partial charge is 0.343 e. The molecule has 25 heavy (non-hydrogen) atoms. The van der Waals surface area contributed by atoms with Crippen molar-refractivity contribution in [3.8, 4) is 0 Å². The van der Waals surface area contributed by atoms with Crippen molar-refractivity contribution in [1.82, 2.24) is 9.21 Å². The Kier molecular flexibility index (Phi) is 7.20. The fraction of sp³-hybridized carbons (Fsp3) is 0.526. The predicted molar refractivity (Wildman–Crippen MR) is 101 cm³/mol. The standard InChI is InChI=1S/C19H28N2O3S/c1-3-12-21(25(2,23)24)15-11-19(22)20-13-9-18(10-14-20)16-17-7-5-4-6-8-17/h3-8,18H,1,9-16H2,2H3. The molecule has 2 rings (SSSR count). The maximum atomic E-state index is 12.4. The number of piperidine rings is 1. The monoisotopic (exact) mass is 364 g/mol. The molecule has 1 aromatic rings. The summed E-state index contributed by atoms with van der Waals surface area (Å²) in [6.45, 7) is 5.55. The maximum Gasteiger partial charge on any atom is 0.223 e. The molecule has 138 valence electrons. The van der Waals surface area contributed by atoms with Crippen LogP contribution in [0.2, 0.25) is 0 Å². The summed E-state index contributed by atoms with van der Waals surface area (Å²) in [6, 6.07) is 10.4. The second-order valence-electron chi connectivity index (χ2n) is 6.67. The Morgan fingerprint density at radius 2 is 1.92 bits per heavy atom. The number of sulfonamides is 1. The molecule has 0 radical (unpaired) electrons. The SMILES string of the molecule is C=CCN(CCC(=O)N1CCC(Cc2ccccc2)CC1)S(C)(=O)=O. The Balaban J connectivity index is 1.78. The lowest BCUT2D eigenvalue weighted by atomic mass is 9.90. The van der Waals surface area contributed by atoms with E-state index in [2.05, 4.69) is 30.8 Å². The molecule has 1 amide bonds. The Morgan fingerprint density at radius 3 is 2.48 bits per heavy atom. The van der Waals surface area contributed by atoms with Crippen LogP contribution in [0.1, 0.15) is 24.8 Å². The Morgan fingerprint density at radius 1 is 1.28 bits per heavy atom. The summed E-state index contributed by atoms with van der Waals surface area (Å²) in [7, 11) is -3.31. The van der Waals surface area contributed by atoms with E-state index in [1.165, 1.54) is 9.87 Å². The number of carbonyl (C=O) groups is 1. The molecule has 0 saturated carbocycles. The van der Waals surface area contributed by atoms with Crippen LogP contribution in [0.15, 0.2) is 43.0 Å². The predicted octanol–water partition coefficient (Wildman–Crippen LogP) is 2.31. The molecule has 0 bridgehead atoms. The third-order valence-electron chi connectivity index (χ3n) is 4.71. The molecule has 0 spiro atoms. The van der Waals surface area contributed by atoms with Gasteiger partial charge in [0.1, 0.15) is 0 Å². The van der Waals surface area contributed by atoms with Crippen molar-refractivity contribution in [1.29, 1.82) is 0 Å². The number of carbonyl (C=O) groups excluding carboxylic acids is 1. The summed E-state index contributed by atoms with van der Waals surface area (Å²) >= 11 is 0. The van der Waals surface area contributed by atoms with Crippen LogP contribution in [0.4, 0.5) is 0 Å². The highest BCUT2D eigenvalue weighted by Crippen LogP contribution is 2.22. The van der Waals surface area contributed by atoms with E-state index in [1.54, 1.807) is 6.08 Å². The van der Waals surface area contributed by atoms with Gasteiger partial charge in [-0.15, -0.1) is 6.58 Å². The van der Waals surface area contributed by atoms with Crippen LogP contribution in [0.3, 0.4) is 0 Å². The topological polar surface area (TPSA) is 57.7 Å². The Hall–Kier alpha value is -1.66. The molecule has 0 aliphatic carbocycles. The van der Waals surface area contributed by atoms with Crippen LogP contribution in [-0.4, -0.2) is 56.0 Å². The van der Waals surface area contributed by atoms with E-state index < -0.39 is 10.0 Å². The van der Waals surface area contributed by atoms with Gasteiger partial charge in [-0.3, -0.25) is 4.79 Å². The molecule has 1 fully saturated rings. The Labute approximate surface area is 151 Å². The molecule has 1 heterocycles. The molecule has 1 aliphatic heterocycles. The highest BCUT2D eigenvalue weighted by Gasteiger charge is 2.24. The zero-order chi connectivity index (χ0) is 18.3. The zero-order valence-corrected chi connectivity index (χ0v) is 15.7. The van der Waals surface area contributed by atoms with E-state index in [9.17, 15) is 13.2 Å². The first-order chi connectivity index (χ1) is 11.9. The first-order valence-corrected chi connectivity index (χ1v) is 10.6. The first-order valence-electron chi connectivity index (χ1n) is 8.78. The van der Waals surface area contributed by atoms with E-state index in [4.69, 9.17) is 0 Å². The van der Waals surface area contributed by atoms with Crippen molar-refractivity contribution in [2.24, 2.45) is 5.92 Å². The average Bonchev–Trinajstić information content (AvgIpc) is 2.59. The number of amides is 1. The Bertz CT molecular complexity index is 665. The van der Waals surface area contributed by atoms with Gasteiger partial charge >= 0.3 is 0 Å². The number of likely N-dealkylation sites (tertiary alicyclic amines) is 1. The van der Waals surface area contributed by atoms with Crippen molar-refractivity contribution in [3.63, 3.8) is 0 Å². The van der Waals surface area contributed by atoms with E-state index in [0.29, 0.717) is 5.92 Å². The molecular formula is C19H28N2O3S. The third kappa shape index (κ3) is 6.29. The van der Waals surface area contributed by atoms with Gasteiger partial charge in [0.15, 0.2) is 0 Å². The molecule has 0 unspecified atom stereocenters. The van der Waals surface area contributed by atoms with Crippen molar-refractivity contribution in [2.75, 3.05) is 32.4 Å². The number of hydrogen-bond donors (Lipinski definition) is 0. The minimum absolute atomic E-state index is 0.0378. The van der Waals surface area contributed by atoms with E-state index >= 15 is 0 Å². The van der Waals surface area contributed by atoms with E-state index in [-0.39, 0.29) is 25.4 Å². The van der Waals surface area contributed by atoms with Gasteiger partial charge in [-0.2, -0.15) is 4.31 Å². The summed E-state index contributed by atoms with van der Waals surface area (Å²) < 4.78 is 24.7. The average molecular weight is 365 g/mol. The van der Waals surface area contributed by atoms with Gasteiger partial charge in [0.05, 0.1) is 6.26 Å². The van der Waals surface area contributed by atoms with Crippen LogP contribution < -0.4 is 0 Å². The highest BCUT2D eigenvalue weighted by molar-refractivity contribution is 7.88. The van der Waals surface area contributed by atoms with Crippen LogP contribution >= 0.6 is 0 Å². The van der Waals surface area contributed by atoms with Crippen molar-refractivity contribution >= 4 is 15.9 Å². The quantitative estimate of drug-likeness (QED) is 0.665. The molecular weight excluding hydrogens is 336 g/mol. The van der Waals surface area contributed by atoms with Crippen molar-refractivity contribution in [2.45, 2.75) is 25.7 Å². The molecule has 0 aromatic heterocycles. The number of nitrogens with zero attached hydrogens (tertiary/aromatic N) is 2. The fourth-order valence-electron chi connectivity index (χ4n) is 3.25. The molecule has 0 N–H and O–H groups in total. The molecule has 0 atom stereocenters. The lowest BCUT2D eigenvalue weighted by molar-refractivity contribution is -0.132. The summed E-state index contributed by atoms with van der Waals surface area (Å²) in [4.78, 5) is 14.2. The van der Waals surface area contributed by atoms with Crippen LogP contribution in [-0.2, 0) is 21.2 Å². The lowest BCUT2D eigenvalue weighted by Gasteiger charge is -2.32. The highest BCUT2D eigenvalue weighted by atomic mass is 32.2. The van der Waals surface area contributed by atoms with Gasteiger partial charge in [-0.1, -0.05) is 36.4 Å². The molecule has 5 nitrogen and oxygen atoms in total. The summed E-state index contributed by atoms with van der Waals surface area (Å²) in [5.41, 5.74) is 1.35. The summed E-state index contributed by atoms with van der Waals surface area (Å²) in [5.74, 6) is 0.649. The minimum Gasteiger partial charge on any atom is -0.343 e. The van der Waals surface area contributed by atoms with Crippen LogP contribution in [0, 0.1) is 5.92 Å². The van der Waals surface area contributed by atoms with Gasteiger partial charge in [0.2, 0.25) is 15.9 Å². The molecule has 1 aromatic carbocycles.